The van der Waals surface area contributed by atoms with Gasteiger partial charge in [0.25, 0.3) is 0 Å². The Morgan fingerprint density at radius 2 is 1.70 bits per heavy atom. The minimum atomic E-state index is -0.0867. The molecule has 0 bridgehead atoms. The summed E-state index contributed by atoms with van der Waals surface area (Å²) in [6.45, 7) is 5.48. The number of amides is 1. The van der Waals surface area contributed by atoms with Gasteiger partial charge >= 0.3 is 0 Å². The maximum Gasteiger partial charge on any atom is 0.221 e. The van der Waals surface area contributed by atoms with Crippen molar-refractivity contribution in [1.29, 1.82) is 0 Å². The second-order valence-corrected chi connectivity index (χ2v) is 4.98. The first-order valence-corrected chi connectivity index (χ1v) is 6.46. The predicted octanol–water partition coefficient (Wildman–Crippen LogP) is 3.59. The third-order valence-electron chi connectivity index (χ3n) is 2.88. The van der Waals surface area contributed by atoms with Crippen molar-refractivity contribution in [3.63, 3.8) is 0 Å². The summed E-state index contributed by atoms with van der Waals surface area (Å²) in [6, 6.07) is 11.7. The molecule has 2 aromatic carbocycles. The first-order valence-electron chi connectivity index (χ1n) is 6.46. The van der Waals surface area contributed by atoms with Crippen LogP contribution in [0.2, 0.25) is 0 Å². The van der Waals surface area contributed by atoms with Crippen LogP contribution in [-0.4, -0.2) is 5.91 Å². The van der Waals surface area contributed by atoms with Crippen LogP contribution < -0.4 is 16.4 Å². The Morgan fingerprint density at radius 3 is 2.35 bits per heavy atom. The number of rotatable bonds is 3. The fourth-order valence-corrected chi connectivity index (χ4v) is 2.08. The molecule has 4 heteroatoms. The zero-order valence-electron chi connectivity index (χ0n) is 11.9. The molecular weight excluding hydrogens is 250 g/mol. The molecule has 2 aromatic rings. The summed E-state index contributed by atoms with van der Waals surface area (Å²) in [5.41, 5.74) is 11.4. The summed E-state index contributed by atoms with van der Waals surface area (Å²) < 4.78 is 0. The fourth-order valence-electron chi connectivity index (χ4n) is 2.08. The van der Waals surface area contributed by atoms with Crippen molar-refractivity contribution < 1.29 is 4.79 Å². The van der Waals surface area contributed by atoms with Crippen LogP contribution in [0, 0.1) is 13.8 Å². The summed E-state index contributed by atoms with van der Waals surface area (Å²) in [7, 11) is 0. The summed E-state index contributed by atoms with van der Waals surface area (Å²) in [4.78, 5) is 11.1. The molecular formula is C16H19N3O. The number of anilines is 4. The van der Waals surface area contributed by atoms with E-state index >= 15 is 0 Å². The second-order valence-electron chi connectivity index (χ2n) is 4.98. The molecule has 0 fully saturated rings. The molecule has 20 heavy (non-hydrogen) atoms. The summed E-state index contributed by atoms with van der Waals surface area (Å²) >= 11 is 0. The lowest BCUT2D eigenvalue weighted by atomic mass is 10.1. The van der Waals surface area contributed by atoms with Crippen LogP contribution in [0.3, 0.4) is 0 Å². The molecule has 0 spiro atoms. The molecule has 0 radical (unpaired) electrons. The van der Waals surface area contributed by atoms with E-state index in [0.29, 0.717) is 5.69 Å². The van der Waals surface area contributed by atoms with Crippen LogP contribution in [0.15, 0.2) is 36.4 Å². The van der Waals surface area contributed by atoms with Crippen LogP contribution in [0.4, 0.5) is 22.7 Å². The molecule has 0 saturated carbocycles. The van der Waals surface area contributed by atoms with E-state index in [0.717, 1.165) is 28.2 Å². The minimum absolute atomic E-state index is 0.0867. The molecule has 0 aliphatic rings. The van der Waals surface area contributed by atoms with E-state index in [1.807, 2.05) is 50.2 Å². The smallest absolute Gasteiger partial charge is 0.221 e. The summed E-state index contributed by atoms with van der Waals surface area (Å²) in [5, 5.41) is 6.06. The SMILES string of the molecule is CC(=O)Nc1cc(C)cc(Nc2ccc(C)cc2N)c1. The van der Waals surface area contributed by atoms with Crippen LogP contribution in [-0.2, 0) is 4.79 Å². The van der Waals surface area contributed by atoms with Gasteiger partial charge < -0.3 is 16.4 Å². The topological polar surface area (TPSA) is 67.2 Å². The minimum Gasteiger partial charge on any atom is -0.397 e. The van der Waals surface area contributed by atoms with Crippen LogP contribution in [0.25, 0.3) is 0 Å². The van der Waals surface area contributed by atoms with Gasteiger partial charge in [-0.25, -0.2) is 0 Å². The first-order chi connectivity index (χ1) is 9.44. The maximum atomic E-state index is 11.1. The number of carbonyl (C=O) groups is 1. The van der Waals surface area contributed by atoms with E-state index < -0.39 is 0 Å². The lowest BCUT2D eigenvalue weighted by molar-refractivity contribution is -0.114. The summed E-state index contributed by atoms with van der Waals surface area (Å²) in [6.07, 6.45) is 0. The van der Waals surface area contributed by atoms with Crippen molar-refractivity contribution in [2.75, 3.05) is 16.4 Å². The maximum absolute atomic E-state index is 11.1. The molecule has 0 aliphatic carbocycles. The van der Waals surface area contributed by atoms with E-state index in [-0.39, 0.29) is 5.91 Å². The third kappa shape index (κ3) is 3.51. The van der Waals surface area contributed by atoms with Crippen LogP contribution in [0.5, 0.6) is 0 Å². The molecule has 0 heterocycles. The van der Waals surface area contributed by atoms with E-state index in [1.165, 1.54) is 6.92 Å². The zero-order chi connectivity index (χ0) is 14.7. The van der Waals surface area contributed by atoms with Gasteiger partial charge in [0, 0.05) is 18.3 Å². The number of benzene rings is 2. The van der Waals surface area contributed by atoms with E-state index in [9.17, 15) is 4.79 Å². The normalized spacial score (nSPS) is 10.2. The molecule has 1 amide bonds. The number of nitrogens with two attached hydrogens (primary N) is 1. The molecule has 0 unspecified atom stereocenters. The van der Waals surface area contributed by atoms with Crippen molar-refractivity contribution in [2.24, 2.45) is 0 Å². The molecule has 2 rings (SSSR count). The standard InChI is InChI=1S/C16H19N3O/c1-10-4-5-16(15(17)8-10)19-14-7-11(2)6-13(9-14)18-12(3)20/h4-9,19H,17H2,1-3H3,(H,18,20). The molecule has 0 saturated heterocycles. The van der Waals surface area contributed by atoms with Gasteiger partial charge in [0.05, 0.1) is 11.4 Å². The summed E-state index contributed by atoms with van der Waals surface area (Å²) in [5.74, 6) is -0.0867. The molecule has 0 atom stereocenters. The highest BCUT2D eigenvalue weighted by molar-refractivity contribution is 5.89. The molecule has 4 nitrogen and oxygen atoms in total. The lowest BCUT2D eigenvalue weighted by Crippen LogP contribution is -2.06. The van der Waals surface area contributed by atoms with Gasteiger partial charge in [-0.15, -0.1) is 0 Å². The van der Waals surface area contributed by atoms with Crippen molar-refractivity contribution >= 4 is 28.7 Å². The van der Waals surface area contributed by atoms with E-state index in [1.54, 1.807) is 0 Å². The molecule has 4 N–H and O–H groups in total. The van der Waals surface area contributed by atoms with Gasteiger partial charge in [-0.1, -0.05) is 6.07 Å². The Hall–Kier alpha value is -2.49. The van der Waals surface area contributed by atoms with Crippen LogP contribution >= 0.6 is 0 Å². The molecule has 104 valence electrons. The van der Waals surface area contributed by atoms with E-state index in [2.05, 4.69) is 10.6 Å². The van der Waals surface area contributed by atoms with Crippen molar-refractivity contribution in [3.8, 4) is 0 Å². The number of nitrogen functional groups attached to an aromatic ring is 1. The van der Waals surface area contributed by atoms with Gasteiger partial charge in [-0.3, -0.25) is 4.79 Å². The van der Waals surface area contributed by atoms with Gasteiger partial charge in [-0.2, -0.15) is 0 Å². The Morgan fingerprint density at radius 1 is 1.00 bits per heavy atom. The zero-order valence-corrected chi connectivity index (χ0v) is 11.9. The number of aryl methyl sites for hydroxylation is 2. The highest BCUT2D eigenvalue weighted by Gasteiger charge is 2.03. The lowest BCUT2D eigenvalue weighted by Gasteiger charge is -2.12. The predicted molar refractivity (Wildman–Crippen MR) is 84.4 cm³/mol. The number of hydrogen-bond acceptors (Lipinski definition) is 3. The Bertz CT molecular complexity index is 650. The highest BCUT2D eigenvalue weighted by atomic mass is 16.1. The Labute approximate surface area is 119 Å². The third-order valence-corrected chi connectivity index (χ3v) is 2.88. The Kier molecular flexibility index (Phi) is 3.94. The van der Waals surface area contributed by atoms with E-state index in [4.69, 9.17) is 5.73 Å². The number of hydrogen-bond donors (Lipinski definition) is 3. The van der Waals surface area contributed by atoms with Crippen molar-refractivity contribution in [3.05, 3.63) is 47.5 Å². The van der Waals surface area contributed by atoms with Crippen molar-refractivity contribution in [1.82, 2.24) is 0 Å². The van der Waals surface area contributed by atoms with Crippen molar-refractivity contribution in [2.45, 2.75) is 20.8 Å². The highest BCUT2D eigenvalue weighted by Crippen LogP contribution is 2.26. The van der Waals surface area contributed by atoms with Gasteiger partial charge in [-0.05, 0) is 55.3 Å². The average molecular weight is 269 g/mol. The number of nitrogens with one attached hydrogen (secondary N) is 2. The van der Waals surface area contributed by atoms with Crippen LogP contribution in [0.1, 0.15) is 18.1 Å². The molecule has 0 aliphatic heterocycles. The number of carbonyl (C=O) groups excluding carboxylic acids is 1. The molecule has 0 aromatic heterocycles. The van der Waals surface area contributed by atoms with Gasteiger partial charge in [0.2, 0.25) is 5.91 Å². The Balaban J connectivity index is 2.28. The largest absolute Gasteiger partial charge is 0.397 e. The average Bonchev–Trinajstić information content (AvgIpc) is 2.31. The van der Waals surface area contributed by atoms with Gasteiger partial charge in [0.1, 0.15) is 0 Å². The fraction of sp³-hybridized carbons (Fsp3) is 0.188. The monoisotopic (exact) mass is 269 g/mol. The van der Waals surface area contributed by atoms with Gasteiger partial charge in [0.15, 0.2) is 0 Å². The second kappa shape index (κ2) is 5.65. The quantitative estimate of drug-likeness (QED) is 0.746. The first kappa shape index (κ1) is 13.9.